The van der Waals surface area contributed by atoms with E-state index in [2.05, 4.69) is 4.72 Å². The van der Waals surface area contributed by atoms with Gasteiger partial charge in [-0.3, -0.25) is 0 Å². The number of nitrogens with one attached hydrogen (secondary N) is 1. The molecule has 0 bridgehead atoms. The van der Waals surface area contributed by atoms with Gasteiger partial charge in [-0.1, -0.05) is 0 Å². The van der Waals surface area contributed by atoms with Crippen LogP contribution >= 0.6 is 0 Å². The van der Waals surface area contributed by atoms with Gasteiger partial charge in [-0.2, -0.15) is 0 Å². The van der Waals surface area contributed by atoms with Gasteiger partial charge in [0.15, 0.2) is 0 Å². The summed E-state index contributed by atoms with van der Waals surface area (Å²) >= 11 is 0. The maximum atomic E-state index is 12.0. The number of sulfonamides is 1. The van der Waals surface area contributed by atoms with Crippen LogP contribution in [0.1, 0.15) is 27.2 Å². The lowest BCUT2D eigenvalue weighted by molar-refractivity contribution is 0.187. The van der Waals surface area contributed by atoms with Gasteiger partial charge in [-0.15, -0.1) is 0 Å². The molecule has 0 aliphatic rings. The zero-order valence-corrected chi connectivity index (χ0v) is 13.3. The molecule has 0 aromatic heterocycles. The molecule has 0 amide bonds. The van der Waals surface area contributed by atoms with E-state index in [-0.39, 0.29) is 17.0 Å². The predicted molar refractivity (Wildman–Crippen MR) is 81.5 cm³/mol. The monoisotopic (exact) mass is 300 g/mol. The maximum Gasteiger partial charge on any atom is 0.240 e. The first-order valence-electron chi connectivity index (χ1n) is 6.74. The van der Waals surface area contributed by atoms with Crippen LogP contribution in [-0.2, 0) is 10.0 Å². The second-order valence-corrected chi connectivity index (χ2v) is 7.04. The standard InChI is InChI=1S/C14H24N2O3S/c1-11(2)15-20(18,19)14-7-5-13(6-8-14)16(4)10-9-12(3)17/h5-8,11-12,15,17H,9-10H2,1-4H3. The van der Waals surface area contributed by atoms with Gasteiger partial charge in [-0.25, -0.2) is 13.1 Å². The van der Waals surface area contributed by atoms with Crippen molar-refractivity contribution < 1.29 is 13.5 Å². The molecule has 1 atom stereocenters. The van der Waals surface area contributed by atoms with E-state index in [4.69, 9.17) is 0 Å². The lowest BCUT2D eigenvalue weighted by Crippen LogP contribution is -2.30. The van der Waals surface area contributed by atoms with Crippen molar-refractivity contribution in [1.29, 1.82) is 0 Å². The highest BCUT2D eigenvalue weighted by Crippen LogP contribution is 2.17. The Hall–Kier alpha value is -1.11. The smallest absolute Gasteiger partial charge is 0.240 e. The van der Waals surface area contributed by atoms with Gasteiger partial charge in [-0.05, 0) is 51.5 Å². The first-order valence-corrected chi connectivity index (χ1v) is 8.22. The summed E-state index contributed by atoms with van der Waals surface area (Å²) in [5.74, 6) is 0. The molecule has 0 aliphatic carbocycles. The summed E-state index contributed by atoms with van der Waals surface area (Å²) < 4.78 is 26.5. The van der Waals surface area contributed by atoms with Gasteiger partial charge in [0.25, 0.3) is 0 Å². The van der Waals surface area contributed by atoms with Crippen LogP contribution in [0, 0.1) is 0 Å². The molecule has 20 heavy (non-hydrogen) atoms. The van der Waals surface area contributed by atoms with E-state index < -0.39 is 10.0 Å². The molecule has 1 aromatic rings. The molecule has 0 radical (unpaired) electrons. The van der Waals surface area contributed by atoms with Crippen LogP contribution in [0.2, 0.25) is 0 Å². The number of benzene rings is 1. The molecular formula is C14H24N2O3S. The molecule has 2 N–H and O–H groups in total. The Morgan fingerprint density at radius 3 is 2.20 bits per heavy atom. The normalized spacial score (nSPS) is 13.5. The SMILES string of the molecule is CC(O)CCN(C)c1ccc(S(=O)(=O)NC(C)C)cc1. The Morgan fingerprint density at radius 2 is 1.75 bits per heavy atom. The third-order valence-electron chi connectivity index (χ3n) is 2.86. The van der Waals surface area contributed by atoms with Crippen molar-refractivity contribution in [2.45, 2.75) is 44.2 Å². The molecule has 114 valence electrons. The molecule has 5 nitrogen and oxygen atoms in total. The fourth-order valence-electron chi connectivity index (χ4n) is 1.77. The van der Waals surface area contributed by atoms with Crippen molar-refractivity contribution in [3.8, 4) is 0 Å². The van der Waals surface area contributed by atoms with Gasteiger partial charge in [0.1, 0.15) is 0 Å². The first-order chi connectivity index (χ1) is 9.22. The van der Waals surface area contributed by atoms with Gasteiger partial charge in [0.2, 0.25) is 10.0 Å². The number of aliphatic hydroxyl groups is 1. The Labute approximate surface area is 121 Å². The summed E-state index contributed by atoms with van der Waals surface area (Å²) in [5.41, 5.74) is 0.925. The highest BCUT2D eigenvalue weighted by atomic mass is 32.2. The number of hydrogen-bond donors (Lipinski definition) is 2. The third kappa shape index (κ3) is 5.11. The topological polar surface area (TPSA) is 69.6 Å². The fourth-order valence-corrected chi connectivity index (χ4v) is 3.02. The highest BCUT2D eigenvalue weighted by Gasteiger charge is 2.15. The number of anilines is 1. The molecule has 0 spiro atoms. The van der Waals surface area contributed by atoms with Crippen molar-refractivity contribution >= 4 is 15.7 Å². The van der Waals surface area contributed by atoms with E-state index in [9.17, 15) is 13.5 Å². The van der Waals surface area contributed by atoms with Gasteiger partial charge in [0, 0.05) is 25.3 Å². The fraction of sp³-hybridized carbons (Fsp3) is 0.571. The number of nitrogens with zero attached hydrogens (tertiary/aromatic N) is 1. The summed E-state index contributed by atoms with van der Waals surface area (Å²) in [6.07, 6.45) is 0.332. The number of hydrogen-bond acceptors (Lipinski definition) is 4. The molecule has 6 heteroatoms. The minimum atomic E-state index is -3.44. The van der Waals surface area contributed by atoms with Crippen LogP contribution < -0.4 is 9.62 Å². The van der Waals surface area contributed by atoms with Crippen molar-refractivity contribution in [3.05, 3.63) is 24.3 Å². The first kappa shape index (κ1) is 16.9. The van der Waals surface area contributed by atoms with Gasteiger partial charge in [0.05, 0.1) is 11.0 Å². The zero-order chi connectivity index (χ0) is 15.3. The van der Waals surface area contributed by atoms with Crippen molar-refractivity contribution in [1.82, 2.24) is 4.72 Å². The largest absolute Gasteiger partial charge is 0.393 e. The average Bonchev–Trinajstić information content (AvgIpc) is 2.34. The minimum Gasteiger partial charge on any atom is -0.393 e. The lowest BCUT2D eigenvalue weighted by atomic mass is 10.2. The van der Waals surface area contributed by atoms with Gasteiger partial charge >= 0.3 is 0 Å². The van der Waals surface area contributed by atoms with Crippen molar-refractivity contribution in [2.75, 3.05) is 18.5 Å². The second kappa shape index (κ2) is 7.06. The molecule has 0 saturated carbocycles. The van der Waals surface area contributed by atoms with Crippen molar-refractivity contribution in [2.24, 2.45) is 0 Å². The highest BCUT2D eigenvalue weighted by molar-refractivity contribution is 7.89. The third-order valence-corrected chi connectivity index (χ3v) is 4.54. The zero-order valence-electron chi connectivity index (χ0n) is 12.5. The van der Waals surface area contributed by atoms with Crippen LogP contribution in [0.5, 0.6) is 0 Å². The predicted octanol–water partition coefficient (Wildman–Crippen LogP) is 1.58. The average molecular weight is 300 g/mol. The van der Waals surface area contributed by atoms with E-state index in [0.717, 1.165) is 5.69 Å². The number of aliphatic hydroxyl groups excluding tert-OH is 1. The Balaban J connectivity index is 2.78. The van der Waals surface area contributed by atoms with E-state index in [1.54, 1.807) is 45.0 Å². The molecule has 1 unspecified atom stereocenters. The summed E-state index contributed by atoms with van der Waals surface area (Å²) in [6.45, 7) is 6.04. The van der Waals surface area contributed by atoms with Crippen molar-refractivity contribution in [3.63, 3.8) is 0 Å². The van der Waals surface area contributed by atoms with Crippen LogP contribution in [-0.4, -0.2) is 39.3 Å². The second-order valence-electron chi connectivity index (χ2n) is 5.33. The van der Waals surface area contributed by atoms with E-state index >= 15 is 0 Å². The molecule has 0 heterocycles. The summed E-state index contributed by atoms with van der Waals surface area (Å²) in [4.78, 5) is 2.25. The Kier molecular flexibility index (Phi) is 5.98. The van der Waals surface area contributed by atoms with E-state index in [0.29, 0.717) is 13.0 Å². The van der Waals surface area contributed by atoms with E-state index in [1.165, 1.54) is 0 Å². The summed E-state index contributed by atoms with van der Waals surface area (Å²) in [5, 5.41) is 9.27. The Morgan fingerprint density at radius 1 is 1.20 bits per heavy atom. The summed E-state index contributed by atoms with van der Waals surface area (Å²) in [6, 6.07) is 6.61. The molecule has 0 saturated heterocycles. The lowest BCUT2D eigenvalue weighted by Gasteiger charge is -2.20. The summed E-state index contributed by atoms with van der Waals surface area (Å²) in [7, 11) is -1.52. The van der Waals surface area contributed by atoms with Crippen LogP contribution in [0.25, 0.3) is 0 Å². The van der Waals surface area contributed by atoms with Crippen LogP contribution in [0.3, 0.4) is 0 Å². The molecule has 0 fully saturated rings. The van der Waals surface area contributed by atoms with Gasteiger partial charge < -0.3 is 10.0 Å². The quantitative estimate of drug-likeness (QED) is 0.802. The maximum absolute atomic E-state index is 12.0. The van der Waals surface area contributed by atoms with Crippen LogP contribution in [0.15, 0.2) is 29.2 Å². The molecular weight excluding hydrogens is 276 g/mol. The molecule has 1 rings (SSSR count). The molecule has 0 aliphatic heterocycles. The molecule has 1 aromatic carbocycles. The number of rotatable bonds is 7. The van der Waals surface area contributed by atoms with E-state index in [1.807, 2.05) is 11.9 Å². The van der Waals surface area contributed by atoms with Crippen LogP contribution in [0.4, 0.5) is 5.69 Å². The minimum absolute atomic E-state index is 0.131. The Bertz CT molecular complexity index is 510.